The van der Waals surface area contributed by atoms with Crippen molar-refractivity contribution < 1.29 is 13.7 Å². The van der Waals surface area contributed by atoms with Gasteiger partial charge in [0.1, 0.15) is 17.4 Å². The van der Waals surface area contributed by atoms with Crippen molar-refractivity contribution in [2.75, 3.05) is 18.4 Å². The number of halogens is 1. The number of hydrogen-bond donors (Lipinski definition) is 1. The number of carbonyl (C=O) groups excluding carboxylic acids is 1. The first-order chi connectivity index (χ1) is 13.2. The molecule has 5 nitrogen and oxygen atoms in total. The van der Waals surface area contributed by atoms with Crippen LogP contribution in [0.4, 0.5) is 15.9 Å². The largest absolute Gasteiger partial charge is 0.359 e. The van der Waals surface area contributed by atoms with E-state index in [1.165, 1.54) is 12.1 Å². The molecule has 6 heteroatoms. The van der Waals surface area contributed by atoms with Crippen LogP contribution in [-0.4, -0.2) is 28.9 Å². The van der Waals surface area contributed by atoms with E-state index >= 15 is 0 Å². The van der Waals surface area contributed by atoms with Crippen LogP contribution in [0.25, 0.3) is 0 Å². The van der Waals surface area contributed by atoms with E-state index < -0.39 is 0 Å². The first kappa shape index (κ1) is 19.5. The molecule has 1 aromatic heterocycles. The average Bonchev–Trinajstić information content (AvgIpc) is 3.04. The fraction of sp³-hybridized carbons (Fsp3) is 0.524. The van der Waals surface area contributed by atoms with Gasteiger partial charge in [-0.15, -0.1) is 0 Å². The second kappa shape index (κ2) is 9.65. The van der Waals surface area contributed by atoms with E-state index in [4.69, 9.17) is 4.52 Å². The molecule has 0 radical (unpaired) electrons. The van der Waals surface area contributed by atoms with Crippen LogP contribution in [-0.2, 0) is 17.8 Å². The van der Waals surface area contributed by atoms with Gasteiger partial charge >= 0.3 is 0 Å². The van der Waals surface area contributed by atoms with Crippen molar-refractivity contribution in [3.05, 3.63) is 41.4 Å². The molecule has 1 N–H and O–H groups in total. The molecule has 0 spiro atoms. The van der Waals surface area contributed by atoms with Gasteiger partial charge in [-0.05, 0) is 44.0 Å². The van der Waals surface area contributed by atoms with E-state index in [1.54, 1.807) is 6.07 Å². The molecule has 2 heterocycles. The van der Waals surface area contributed by atoms with Crippen LogP contribution in [0.2, 0.25) is 0 Å². The molecule has 0 aliphatic carbocycles. The Kier molecular flexibility index (Phi) is 6.98. The lowest BCUT2D eigenvalue weighted by Crippen LogP contribution is -2.31. The highest BCUT2D eigenvalue weighted by molar-refractivity contribution is 5.78. The molecular weight excluding hydrogens is 345 g/mol. The first-order valence-electron chi connectivity index (χ1n) is 9.89. The van der Waals surface area contributed by atoms with Crippen LogP contribution in [0, 0.1) is 5.82 Å². The Morgan fingerprint density at radius 1 is 1.30 bits per heavy atom. The lowest BCUT2D eigenvalue weighted by molar-refractivity contribution is -0.119. The third-order valence-corrected chi connectivity index (χ3v) is 4.95. The van der Waals surface area contributed by atoms with E-state index in [-0.39, 0.29) is 5.82 Å². The number of fused-ring (bicyclic) bond motifs is 1. The highest BCUT2D eigenvalue weighted by Gasteiger charge is 2.24. The van der Waals surface area contributed by atoms with Crippen molar-refractivity contribution in [2.24, 2.45) is 0 Å². The van der Waals surface area contributed by atoms with E-state index in [2.05, 4.69) is 15.4 Å². The van der Waals surface area contributed by atoms with Gasteiger partial charge in [0, 0.05) is 38.0 Å². The van der Waals surface area contributed by atoms with Crippen molar-refractivity contribution in [1.29, 1.82) is 0 Å². The van der Waals surface area contributed by atoms with Gasteiger partial charge in [-0.25, -0.2) is 4.39 Å². The van der Waals surface area contributed by atoms with E-state index in [9.17, 15) is 9.18 Å². The molecule has 0 atom stereocenters. The van der Waals surface area contributed by atoms with Crippen LogP contribution in [0.3, 0.4) is 0 Å². The standard InChI is InChI=1S/C21H28FN3O2/c1-2-7-18(26)10-4-3-5-12-25-13-11-20-19(15-25)21(24-27-20)23-17-9-6-8-16(22)14-17/h6,8-9,14H,2-5,7,10-13,15H2,1H3,(H,23,24). The summed E-state index contributed by atoms with van der Waals surface area (Å²) in [5.41, 5.74) is 1.73. The Morgan fingerprint density at radius 2 is 2.19 bits per heavy atom. The summed E-state index contributed by atoms with van der Waals surface area (Å²) < 4.78 is 18.8. The molecule has 1 aromatic carbocycles. The normalized spacial score (nSPS) is 14.1. The van der Waals surface area contributed by atoms with E-state index in [0.717, 1.165) is 63.1 Å². The van der Waals surface area contributed by atoms with Gasteiger partial charge in [0.2, 0.25) is 0 Å². The number of hydrogen-bond acceptors (Lipinski definition) is 5. The van der Waals surface area contributed by atoms with Gasteiger partial charge in [0.15, 0.2) is 5.82 Å². The van der Waals surface area contributed by atoms with Crippen LogP contribution < -0.4 is 5.32 Å². The fourth-order valence-electron chi connectivity index (χ4n) is 3.50. The lowest BCUT2D eigenvalue weighted by atomic mass is 10.1. The summed E-state index contributed by atoms with van der Waals surface area (Å²) in [7, 11) is 0. The molecule has 0 amide bonds. The Balaban J connectivity index is 1.47. The molecule has 1 aliphatic rings. The van der Waals surface area contributed by atoms with Crippen LogP contribution >= 0.6 is 0 Å². The Hall–Kier alpha value is -2.21. The number of Topliss-reactive ketones (excluding diaryl/α,β-unsaturated/α-hetero) is 1. The second-order valence-electron chi connectivity index (χ2n) is 7.19. The fourth-order valence-corrected chi connectivity index (χ4v) is 3.50. The average molecular weight is 373 g/mol. The molecule has 0 bridgehead atoms. The summed E-state index contributed by atoms with van der Waals surface area (Å²) in [6.07, 6.45) is 6.36. The van der Waals surface area contributed by atoms with Crippen molar-refractivity contribution in [1.82, 2.24) is 10.1 Å². The van der Waals surface area contributed by atoms with Crippen molar-refractivity contribution in [3.8, 4) is 0 Å². The topological polar surface area (TPSA) is 58.4 Å². The molecule has 3 rings (SSSR count). The molecule has 146 valence electrons. The minimum absolute atomic E-state index is 0.281. The van der Waals surface area contributed by atoms with Gasteiger partial charge in [0.25, 0.3) is 0 Å². The Morgan fingerprint density at radius 3 is 3.00 bits per heavy atom. The Labute approximate surface area is 159 Å². The zero-order valence-corrected chi connectivity index (χ0v) is 16.0. The van der Waals surface area contributed by atoms with Crippen molar-refractivity contribution >= 4 is 17.3 Å². The number of carbonyl (C=O) groups is 1. The van der Waals surface area contributed by atoms with Gasteiger partial charge in [-0.2, -0.15) is 0 Å². The van der Waals surface area contributed by atoms with Gasteiger partial charge in [0.05, 0.1) is 5.56 Å². The number of rotatable bonds is 10. The maximum Gasteiger partial charge on any atom is 0.178 e. The highest BCUT2D eigenvalue weighted by atomic mass is 19.1. The molecule has 0 saturated carbocycles. The zero-order valence-electron chi connectivity index (χ0n) is 16.0. The summed E-state index contributed by atoms with van der Waals surface area (Å²) in [6.45, 7) is 4.79. The minimum atomic E-state index is -0.281. The molecule has 0 unspecified atom stereocenters. The molecule has 0 fully saturated rings. The molecule has 2 aromatic rings. The van der Waals surface area contributed by atoms with Gasteiger partial charge in [-0.1, -0.05) is 24.6 Å². The summed E-state index contributed by atoms with van der Waals surface area (Å²) in [5.74, 6) is 1.69. The predicted octanol–water partition coefficient (Wildman–Crippen LogP) is 4.85. The predicted molar refractivity (Wildman–Crippen MR) is 104 cm³/mol. The van der Waals surface area contributed by atoms with Gasteiger partial charge < -0.3 is 9.84 Å². The smallest absolute Gasteiger partial charge is 0.178 e. The highest BCUT2D eigenvalue weighted by Crippen LogP contribution is 2.28. The number of ketones is 1. The first-order valence-corrected chi connectivity index (χ1v) is 9.89. The zero-order chi connectivity index (χ0) is 19.1. The van der Waals surface area contributed by atoms with Crippen LogP contribution in [0.15, 0.2) is 28.8 Å². The molecule has 0 saturated heterocycles. The number of nitrogens with one attached hydrogen (secondary N) is 1. The molecular formula is C21H28FN3O2. The summed E-state index contributed by atoms with van der Waals surface area (Å²) >= 11 is 0. The van der Waals surface area contributed by atoms with E-state index in [0.29, 0.717) is 30.1 Å². The van der Waals surface area contributed by atoms with E-state index in [1.807, 2.05) is 13.0 Å². The summed E-state index contributed by atoms with van der Waals surface area (Å²) in [6, 6.07) is 6.34. The van der Waals surface area contributed by atoms with Crippen LogP contribution in [0.1, 0.15) is 56.8 Å². The third kappa shape index (κ3) is 5.63. The number of unbranched alkanes of at least 4 members (excludes halogenated alkanes) is 2. The second-order valence-corrected chi connectivity index (χ2v) is 7.19. The summed E-state index contributed by atoms with van der Waals surface area (Å²) in [4.78, 5) is 14.0. The SMILES string of the molecule is CCCC(=O)CCCCCN1CCc2onc(Nc3cccc(F)c3)c2C1. The summed E-state index contributed by atoms with van der Waals surface area (Å²) in [5, 5.41) is 7.30. The maximum atomic E-state index is 13.4. The third-order valence-electron chi connectivity index (χ3n) is 4.95. The minimum Gasteiger partial charge on any atom is -0.359 e. The number of benzene rings is 1. The molecule has 27 heavy (non-hydrogen) atoms. The molecule has 1 aliphatic heterocycles. The van der Waals surface area contributed by atoms with Crippen LogP contribution in [0.5, 0.6) is 0 Å². The lowest BCUT2D eigenvalue weighted by Gasteiger charge is -2.26. The van der Waals surface area contributed by atoms with Crippen molar-refractivity contribution in [2.45, 2.75) is 58.4 Å². The van der Waals surface area contributed by atoms with Gasteiger partial charge in [-0.3, -0.25) is 9.69 Å². The quantitative estimate of drug-likeness (QED) is 0.604. The number of nitrogens with zero attached hydrogens (tertiary/aromatic N) is 2. The Bertz CT molecular complexity index is 760. The maximum absolute atomic E-state index is 13.4. The van der Waals surface area contributed by atoms with Crippen molar-refractivity contribution in [3.63, 3.8) is 0 Å². The number of aromatic nitrogens is 1. The monoisotopic (exact) mass is 373 g/mol. The number of anilines is 2.